The Kier molecular flexibility index (Phi) is 1.01. The van der Waals surface area contributed by atoms with Gasteiger partial charge in [0.2, 0.25) is 0 Å². The Labute approximate surface area is 49.5 Å². The molecule has 0 aromatic rings. The molecule has 0 radical (unpaired) electrons. The quantitative estimate of drug-likeness (QED) is 0.519. The molecule has 5 heteroatoms. The van der Waals surface area contributed by atoms with Gasteiger partial charge in [0.1, 0.15) is 5.92 Å². The first kappa shape index (κ1) is 6.41. The fourth-order valence-electron chi connectivity index (χ4n) is 0.669. The molecule has 0 amide bonds. The number of aliphatic carboxylic acids is 1. The molecule has 0 aromatic carbocycles. The summed E-state index contributed by atoms with van der Waals surface area (Å²) in [4.78, 5) is 9.83. The summed E-state index contributed by atoms with van der Waals surface area (Å²) in [5.41, 5.74) is 4.71. The third-order valence-electron chi connectivity index (χ3n) is 1.38. The molecule has 3 nitrogen and oxygen atoms in total. The molecule has 2 atom stereocenters. The lowest BCUT2D eigenvalue weighted by Gasteiger charge is -1.85. The molecule has 1 aliphatic rings. The molecular formula is C4H5F2NO2. The van der Waals surface area contributed by atoms with Crippen LogP contribution < -0.4 is 5.73 Å². The highest BCUT2D eigenvalue weighted by molar-refractivity contribution is 5.77. The smallest absolute Gasteiger partial charge is 0.314 e. The number of carboxylic acid groups (broad SMARTS) is 1. The number of carboxylic acids is 1. The summed E-state index contributed by atoms with van der Waals surface area (Å²) in [6, 6.07) is -1.48. The Morgan fingerprint density at radius 3 is 2.00 bits per heavy atom. The number of hydrogen-bond donors (Lipinski definition) is 2. The van der Waals surface area contributed by atoms with Gasteiger partial charge in [-0.2, -0.15) is 0 Å². The van der Waals surface area contributed by atoms with Gasteiger partial charge in [0, 0.05) is 0 Å². The van der Waals surface area contributed by atoms with E-state index in [0.29, 0.717) is 0 Å². The predicted octanol–water partition coefficient (Wildman–Crippen LogP) is -0.337. The lowest BCUT2D eigenvalue weighted by atomic mass is 10.4. The van der Waals surface area contributed by atoms with Gasteiger partial charge in [-0.15, -0.1) is 0 Å². The third-order valence-corrected chi connectivity index (χ3v) is 1.38. The number of rotatable bonds is 1. The van der Waals surface area contributed by atoms with Crippen LogP contribution in [0.4, 0.5) is 8.78 Å². The van der Waals surface area contributed by atoms with Crippen LogP contribution in [0.15, 0.2) is 0 Å². The van der Waals surface area contributed by atoms with Gasteiger partial charge in [-0.3, -0.25) is 4.79 Å². The van der Waals surface area contributed by atoms with Crippen molar-refractivity contribution in [1.82, 2.24) is 0 Å². The highest BCUT2D eigenvalue weighted by Crippen LogP contribution is 2.47. The topological polar surface area (TPSA) is 63.3 Å². The second kappa shape index (κ2) is 1.41. The molecule has 0 aromatic heterocycles. The van der Waals surface area contributed by atoms with Gasteiger partial charge in [0.05, 0.1) is 6.04 Å². The molecule has 0 heterocycles. The summed E-state index contributed by atoms with van der Waals surface area (Å²) in [6.45, 7) is 0. The molecular weight excluding hydrogens is 132 g/mol. The maximum absolute atomic E-state index is 11.9. The molecule has 0 spiro atoms. The number of hydrogen-bond acceptors (Lipinski definition) is 2. The van der Waals surface area contributed by atoms with Gasteiger partial charge >= 0.3 is 5.97 Å². The molecule has 0 aliphatic heterocycles. The monoisotopic (exact) mass is 137 g/mol. The first-order valence-corrected chi connectivity index (χ1v) is 2.34. The van der Waals surface area contributed by atoms with E-state index in [2.05, 4.69) is 0 Å². The number of nitrogens with two attached hydrogens (primary N) is 1. The van der Waals surface area contributed by atoms with E-state index in [-0.39, 0.29) is 0 Å². The largest absolute Gasteiger partial charge is 0.481 e. The molecule has 0 bridgehead atoms. The van der Waals surface area contributed by atoms with Crippen LogP contribution in [0.3, 0.4) is 0 Å². The summed E-state index contributed by atoms with van der Waals surface area (Å²) in [5, 5.41) is 8.00. The Morgan fingerprint density at radius 2 is 2.00 bits per heavy atom. The molecule has 1 saturated carbocycles. The van der Waals surface area contributed by atoms with Crippen LogP contribution in [-0.2, 0) is 4.79 Å². The van der Waals surface area contributed by atoms with Crippen molar-refractivity contribution in [2.24, 2.45) is 11.7 Å². The molecule has 9 heavy (non-hydrogen) atoms. The van der Waals surface area contributed by atoms with E-state index in [1.54, 1.807) is 0 Å². The van der Waals surface area contributed by atoms with Crippen LogP contribution in [0.1, 0.15) is 0 Å². The van der Waals surface area contributed by atoms with E-state index in [0.717, 1.165) is 0 Å². The molecule has 3 N–H and O–H groups in total. The Morgan fingerprint density at radius 1 is 1.67 bits per heavy atom. The summed E-state index contributed by atoms with van der Waals surface area (Å²) in [7, 11) is 0. The van der Waals surface area contributed by atoms with Crippen LogP contribution in [0.2, 0.25) is 0 Å². The second-order valence-corrected chi connectivity index (χ2v) is 2.02. The number of carbonyl (C=O) groups is 1. The van der Waals surface area contributed by atoms with Crippen molar-refractivity contribution in [1.29, 1.82) is 0 Å². The summed E-state index contributed by atoms with van der Waals surface area (Å²) in [5.74, 6) is -6.35. The zero-order valence-electron chi connectivity index (χ0n) is 4.34. The minimum atomic E-state index is -3.17. The van der Waals surface area contributed by atoms with Gasteiger partial charge < -0.3 is 10.8 Å². The van der Waals surface area contributed by atoms with Gasteiger partial charge in [0.25, 0.3) is 5.92 Å². The summed E-state index contributed by atoms with van der Waals surface area (Å²) < 4.78 is 23.9. The van der Waals surface area contributed by atoms with Crippen LogP contribution in [-0.4, -0.2) is 23.0 Å². The van der Waals surface area contributed by atoms with E-state index in [9.17, 15) is 13.6 Å². The van der Waals surface area contributed by atoms with Crippen molar-refractivity contribution in [3.8, 4) is 0 Å². The molecule has 0 saturated heterocycles. The van der Waals surface area contributed by atoms with Crippen molar-refractivity contribution < 1.29 is 18.7 Å². The first-order chi connectivity index (χ1) is 3.98. The third kappa shape index (κ3) is 0.682. The standard InChI is InChI=1S/C4H5F2NO2/c5-4(6)1(2(4)7)3(8)9/h1-2H,7H2,(H,8,9). The first-order valence-electron chi connectivity index (χ1n) is 2.34. The van der Waals surface area contributed by atoms with Crippen molar-refractivity contribution >= 4 is 5.97 Å². The molecule has 2 unspecified atom stereocenters. The van der Waals surface area contributed by atoms with Gasteiger partial charge in [-0.1, -0.05) is 0 Å². The van der Waals surface area contributed by atoms with Crippen LogP contribution in [0.25, 0.3) is 0 Å². The fourth-order valence-corrected chi connectivity index (χ4v) is 0.669. The molecule has 52 valence electrons. The number of halogens is 2. The normalized spacial score (nSPS) is 38.1. The van der Waals surface area contributed by atoms with Gasteiger partial charge in [-0.25, -0.2) is 8.78 Å². The molecule has 1 aliphatic carbocycles. The molecule has 1 rings (SSSR count). The zero-order chi connectivity index (χ0) is 7.23. The number of alkyl halides is 2. The van der Waals surface area contributed by atoms with Crippen molar-refractivity contribution in [3.05, 3.63) is 0 Å². The average molecular weight is 137 g/mol. The maximum Gasteiger partial charge on any atom is 0.314 e. The summed E-state index contributed by atoms with van der Waals surface area (Å²) in [6.07, 6.45) is 0. The highest BCUT2D eigenvalue weighted by Gasteiger charge is 2.70. The lowest BCUT2D eigenvalue weighted by Crippen LogP contribution is -2.09. The van der Waals surface area contributed by atoms with Crippen LogP contribution >= 0.6 is 0 Å². The van der Waals surface area contributed by atoms with E-state index in [1.165, 1.54) is 0 Å². The fraction of sp³-hybridized carbons (Fsp3) is 0.750. The zero-order valence-corrected chi connectivity index (χ0v) is 4.34. The molecule has 1 fully saturated rings. The minimum absolute atomic E-state index is 1.48. The van der Waals surface area contributed by atoms with Crippen LogP contribution in [0.5, 0.6) is 0 Å². The maximum atomic E-state index is 11.9. The van der Waals surface area contributed by atoms with E-state index in [4.69, 9.17) is 10.8 Å². The predicted molar refractivity (Wildman–Crippen MR) is 24.0 cm³/mol. The van der Waals surface area contributed by atoms with Gasteiger partial charge in [0.15, 0.2) is 0 Å². The van der Waals surface area contributed by atoms with Crippen molar-refractivity contribution in [3.63, 3.8) is 0 Å². The van der Waals surface area contributed by atoms with E-state index < -0.39 is 23.9 Å². The Balaban J connectivity index is 2.62. The average Bonchev–Trinajstić information content (AvgIpc) is 2.07. The van der Waals surface area contributed by atoms with Crippen molar-refractivity contribution in [2.75, 3.05) is 0 Å². The van der Waals surface area contributed by atoms with E-state index in [1.807, 2.05) is 0 Å². The van der Waals surface area contributed by atoms with E-state index >= 15 is 0 Å². The lowest BCUT2D eigenvalue weighted by molar-refractivity contribution is -0.140. The highest BCUT2D eigenvalue weighted by atomic mass is 19.3. The Hall–Kier alpha value is -0.710. The van der Waals surface area contributed by atoms with Crippen LogP contribution in [0, 0.1) is 5.92 Å². The minimum Gasteiger partial charge on any atom is -0.481 e. The Bertz CT molecular complexity index is 159. The van der Waals surface area contributed by atoms with Gasteiger partial charge in [-0.05, 0) is 0 Å². The summed E-state index contributed by atoms with van der Waals surface area (Å²) >= 11 is 0. The second-order valence-electron chi connectivity index (χ2n) is 2.02. The SMILES string of the molecule is NC1C(C(=O)O)C1(F)F. The van der Waals surface area contributed by atoms with Crippen molar-refractivity contribution in [2.45, 2.75) is 12.0 Å².